The number of aliphatic carboxylic acids is 1. The maximum absolute atomic E-state index is 10.3. The van der Waals surface area contributed by atoms with E-state index in [1.807, 2.05) is 19.1 Å². The molecule has 0 radical (unpaired) electrons. The third-order valence-corrected chi connectivity index (χ3v) is 3.82. The van der Waals surface area contributed by atoms with Crippen LogP contribution in [0.3, 0.4) is 0 Å². The van der Waals surface area contributed by atoms with E-state index < -0.39 is 11.8 Å². The average Bonchev–Trinajstić information content (AvgIpc) is 2.87. The molecular formula is C12H14O4S. The van der Waals surface area contributed by atoms with Crippen molar-refractivity contribution in [3.63, 3.8) is 0 Å². The lowest BCUT2D eigenvalue weighted by Gasteiger charge is -2.20. The van der Waals surface area contributed by atoms with Crippen molar-refractivity contribution in [2.24, 2.45) is 0 Å². The summed E-state index contributed by atoms with van der Waals surface area (Å²) in [6, 6.07) is 3.95. The fraction of sp³-hybridized carbons (Fsp3) is 0.417. The monoisotopic (exact) mass is 254 g/mol. The Bertz CT molecular complexity index is 429. The van der Waals surface area contributed by atoms with Crippen LogP contribution >= 0.6 is 11.3 Å². The van der Waals surface area contributed by atoms with Crippen LogP contribution in [-0.2, 0) is 26.5 Å². The number of carboxylic acids is 1. The van der Waals surface area contributed by atoms with Crippen LogP contribution in [0.1, 0.15) is 16.7 Å². The highest BCUT2D eigenvalue weighted by Crippen LogP contribution is 2.35. The zero-order valence-corrected chi connectivity index (χ0v) is 10.3. The zero-order chi connectivity index (χ0) is 12.3. The molecule has 0 aromatic carbocycles. The second-order valence-corrected chi connectivity index (χ2v) is 5.02. The number of allylic oxidation sites excluding steroid dienone is 1. The third kappa shape index (κ3) is 2.94. The summed E-state index contributed by atoms with van der Waals surface area (Å²) in [6.07, 6.45) is 3.41. The van der Waals surface area contributed by atoms with Crippen LogP contribution in [0.4, 0.5) is 0 Å². The summed E-state index contributed by atoms with van der Waals surface area (Å²) in [7, 11) is 0. The van der Waals surface area contributed by atoms with Crippen molar-refractivity contribution in [1.82, 2.24) is 0 Å². The first-order valence-corrected chi connectivity index (χ1v) is 6.18. The summed E-state index contributed by atoms with van der Waals surface area (Å²) in [4.78, 5) is 12.4. The number of ether oxygens (including phenoxy) is 2. The van der Waals surface area contributed by atoms with Gasteiger partial charge in [-0.1, -0.05) is 6.08 Å². The summed E-state index contributed by atoms with van der Waals surface area (Å²) < 4.78 is 11.1. The Morgan fingerprint density at radius 1 is 1.53 bits per heavy atom. The van der Waals surface area contributed by atoms with E-state index in [1.165, 1.54) is 0 Å². The molecule has 0 saturated carbocycles. The molecule has 17 heavy (non-hydrogen) atoms. The van der Waals surface area contributed by atoms with Gasteiger partial charge in [-0.3, -0.25) is 0 Å². The van der Waals surface area contributed by atoms with Gasteiger partial charge in [0.05, 0.1) is 18.1 Å². The number of carbonyl (C=O) groups is 1. The van der Waals surface area contributed by atoms with Gasteiger partial charge in [-0.15, -0.1) is 11.3 Å². The predicted molar refractivity (Wildman–Crippen MR) is 64.1 cm³/mol. The van der Waals surface area contributed by atoms with Crippen molar-refractivity contribution >= 4 is 17.3 Å². The first-order valence-electron chi connectivity index (χ1n) is 5.37. The molecule has 1 aliphatic rings. The Morgan fingerprint density at radius 3 is 2.88 bits per heavy atom. The van der Waals surface area contributed by atoms with Gasteiger partial charge in [0, 0.05) is 17.4 Å². The maximum Gasteiger partial charge on any atom is 0.327 e. The van der Waals surface area contributed by atoms with Gasteiger partial charge < -0.3 is 14.6 Å². The molecular weight excluding hydrogens is 240 g/mol. The Hall–Kier alpha value is -1.17. The fourth-order valence-corrected chi connectivity index (χ4v) is 2.70. The van der Waals surface area contributed by atoms with Gasteiger partial charge in [0.15, 0.2) is 0 Å². The van der Waals surface area contributed by atoms with Crippen LogP contribution < -0.4 is 0 Å². The normalized spacial score (nSPS) is 18.9. The van der Waals surface area contributed by atoms with Crippen molar-refractivity contribution in [2.75, 3.05) is 13.2 Å². The molecule has 0 bridgehead atoms. The maximum atomic E-state index is 10.3. The van der Waals surface area contributed by atoms with Crippen molar-refractivity contribution in [3.8, 4) is 0 Å². The summed E-state index contributed by atoms with van der Waals surface area (Å²) in [5, 5.41) is 8.49. The quantitative estimate of drug-likeness (QED) is 0.836. The number of thiophene rings is 1. The molecule has 2 heterocycles. The van der Waals surface area contributed by atoms with Crippen LogP contribution in [0.25, 0.3) is 0 Å². The van der Waals surface area contributed by atoms with Crippen LogP contribution in [0.5, 0.6) is 0 Å². The Labute approximate surface area is 103 Å². The highest BCUT2D eigenvalue weighted by Gasteiger charge is 2.34. The van der Waals surface area contributed by atoms with E-state index in [2.05, 4.69) is 0 Å². The molecule has 1 aliphatic heterocycles. The van der Waals surface area contributed by atoms with Gasteiger partial charge in [-0.25, -0.2) is 4.79 Å². The Balaban J connectivity index is 2.03. The van der Waals surface area contributed by atoms with Crippen LogP contribution in [0.2, 0.25) is 0 Å². The van der Waals surface area contributed by atoms with E-state index in [0.717, 1.165) is 15.8 Å². The van der Waals surface area contributed by atoms with E-state index in [9.17, 15) is 4.79 Å². The molecule has 1 saturated heterocycles. The minimum absolute atomic E-state index is 0.614. The molecule has 1 aromatic heterocycles. The standard InChI is InChI=1S/C12H14O4S/c1-12(15-7-8-16-12)10-6-5-9(17-10)3-2-4-11(13)14/h2,4-6H,3,7-8H2,1H3,(H,13,14)/b4-2+. The molecule has 0 unspecified atom stereocenters. The summed E-state index contributed by atoms with van der Waals surface area (Å²) in [5.41, 5.74) is 0. The summed E-state index contributed by atoms with van der Waals surface area (Å²) in [5.74, 6) is -1.55. The third-order valence-electron chi connectivity index (χ3n) is 2.53. The Kier molecular flexibility index (Phi) is 3.61. The van der Waals surface area contributed by atoms with Crippen LogP contribution in [0, 0.1) is 0 Å². The van der Waals surface area contributed by atoms with Crippen molar-refractivity contribution < 1.29 is 19.4 Å². The van der Waals surface area contributed by atoms with Gasteiger partial charge in [0.1, 0.15) is 0 Å². The predicted octanol–water partition coefficient (Wildman–Crippen LogP) is 2.15. The van der Waals surface area contributed by atoms with Gasteiger partial charge in [-0.05, 0) is 19.1 Å². The van der Waals surface area contributed by atoms with E-state index in [4.69, 9.17) is 14.6 Å². The summed E-state index contributed by atoms with van der Waals surface area (Å²) >= 11 is 1.59. The highest BCUT2D eigenvalue weighted by molar-refractivity contribution is 7.12. The van der Waals surface area contributed by atoms with Gasteiger partial charge in [0.2, 0.25) is 5.79 Å². The minimum atomic E-state index is -0.920. The lowest BCUT2D eigenvalue weighted by atomic mass is 10.2. The molecule has 0 amide bonds. The van der Waals surface area contributed by atoms with Crippen molar-refractivity contribution in [1.29, 1.82) is 0 Å². The van der Waals surface area contributed by atoms with E-state index in [1.54, 1.807) is 17.4 Å². The molecule has 0 aliphatic carbocycles. The first-order chi connectivity index (χ1) is 8.10. The largest absolute Gasteiger partial charge is 0.478 e. The molecule has 4 nitrogen and oxygen atoms in total. The van der Waals surface area contributed by atoms with Crippen LogP contribution in [-0.4, -0.2) is 24.3 Å². The summed E-state index contributed by atoms with van der Waals surface area (Å²) in [6.45, 7) is 3.13. The topological polar surface area (TPSA) is 55.8 Å². The molecule has 92 valence electrons. The van der Waals surface area contributed by atoms with Crippen LogP contribution in [0.15, 0.2) is 24.3 Å². The SMILES string of the molecule is CC1(c2ccc(C/C=C/C(=O)O)s2)OCCO1. The molecule has 0 atom stereocenters. The number of rotatable bonds is 4. The second-order valence-electron chi connectivity index (χ2n) is 3.85. The number of carboxylic acid groups (broad SMARTS) is 1. The lowest BCUT2D eigenvalue weighted by Crippen LogP contribution is -2.20. The molecule has 1 aromatic rings. The van der Waals surface area contributed by atoms with Gasteiger partial charge in [0.25, 0.3) is 0 Å². The van der Waals surface area contributed by atoms with E-state index in [-0.39, 0.29) is 0 Å². The number of hydrogen-bond acceptors (Lipinski definition) is 4. The Morgan fingerprint density at radius 2 is 2.24 bits per heavy atom. The zero-order valence-electron chi connectivity index (χ0n) is 9.51. The van der Waals surface area contributed by atoms with E-state index in [0.29, 0.717) is 19.6 Å². The van der Waals surface area contributed by atoms with Crippen molar-refractivity contribution in [2.45, 2.75) is 19.1 Å². The van der Waals surface area contributed by atoms with Crippen molar-refractivity contribution in [3.05, 3.63) is 34.0 Å². The van der Waals surface area contributed by atoms with Gasteiger partial charge in [-0.2, -0.15) is 0 Å². The fourth-order valence-electron chi connectivity index (χ4n) is 1.66. The second kappa shape index (κ2) is 5.00. The lowest BCUT2D eigenvalue weighted by molar-refractivity contribution is -0.146. The molecule has 1 fully saturated rings. The van der Waals surface area contributed by atoms with E-state index >= 15 is 0 Å². The average molecular weight is 254 g/mol. The number of hydrogen-bond donors (Lipinski definition) is 1. The smallest absolute Gasteiger partial charge is 0.327 e. The molecule has 1 N–H and O–H groups in total. The highest BCUT2D eigenvalue weighted by atomic mass is 32.1. The molecule has 0 spiro atoms. The molecule has 2 rings (SSSR count). The first kappa shape index (κ1) is 12.3. The van der Waals surface area contributed by atoms with Gasteiger partial charge >= 0.3 is 5.97 Å². The molecule has 5 heteroatoms. The minimum Gasteiger partial charge on any atom is -0.478 e.